The Morgan fingerprint density at radius 1 is 0.889 bits per heavy atom. The van der Waals surface area contributed by atoms with Crippen LogP contribution in [0.5, 0.6) is 0 Å². The van der Waals surface area contributed by atoms with Gasteiger partial charge in [-0.15, -0.1) is 0 Å². The quantitative estimate of drug-likeness (QED) is 0.823. The lowest BCUT2D eigenvalue weighted by Gasteiger charge is -2.53. The number of nitrogens with one attached hydrogen (secondary N) is 1. The number of nitrogens with zero attached hydrogens (tertiary/aromatic N) is 1. The predicted octanol–water partition coefficient (Wildman–Crippen LogP) is 2.78. The second kappa shape index (κ2) is 4.49. The second-order valence-corrected chi connectivity index (χ2v) is 7.31. The van der Waals surface area contributed by atoms with Crippen molar-refractivity contribution in [3.8, 4) is 0 Å². The molecule has 0 radical (unpaired) electrons. The first-order valence-electron chi connectivity index (χ1n) is 8.31. The molecule has 2 aliphatic heterocycles. The average molecular weight is 248 g/mol. The highest BCUT2D eigenvalue weighted by atomic mass is 15.3. The summed E-state index contributed by atoms with van der Waals surface area (Å²) in [6.45, 7) is 0. The molecule has 2 unspecified atom stereocenters. The van der Waals surface area contributed by atoms with Crippen LogP contribution < -0.4 is 5.32 Å². The summed E-state index contributed by atoms with van der Waals surface area (Å²) >= 11 is 0. The van der Waals surface area contributed by atoms with Gasteiger partial charge in [0.05, 0.1) is 0 Å². The fourth-order valence-corrected chi connectivity index (χ4v) is 4.89. The van der Waals surface area contributed by atoms with E-state index in [1.807, 2.05) is 0 Å². The Hall–Kier alpha value is -0.0800. The van der Waals surface area contributed by atoms with E-state index in [1.165, 1.54) is 57.8 Å². The van der Waals surface area contributed by atoms with Gasteiger partial charge >= 0.3 is 0 Å². The van der Waals surface area contributed by atoms with Gasteiger partial charge in [0.2, 0.25) is 0 Å². The molecule has 0 aromatic carbocycles. The van der Waals surface area contributed by atoms with Crippen molar-refractivity contribution in [3.05, 3.63) is 0 Å². The maximum absolute atomic E-state index is 3.56. The van der Waals surface area contributed by atoms with Gasteiger partial charge < -0.3 is 5.32 Å². The Morgan fingerprint density at radius 3 is 1.89 bits per heavy atom. The van der Waals surface area contributed by atoms with Crippen LogP contribution in [-0.2, 0) is 0 Å². The molecule has 2 atom stereocenters. The monoisotopic (exact) mass is 248 g/mol. The Kier molecular flexibility index (Phi) is 2.92. The minimum absolute atomic E-state index is 0.801. The van der Waals surface area contributed by atoms with Crippen LogP contribution in [0.15, 0.2) is 0 Å². The Balaban J connectivity index is 1.55. The smallest absolute Gasteiger partial charge is 0.0158 e. The highest BCUT2D eigenvalue weighted by Gasteiger charge is 2.50. The lowest BCUT2D eigenvalue weighted by molar-refractivity contribution is -0.0245. The molecule has 4 rings (SSSR count). The summed E-state index contributed by atoms with van der Waals surface area (Å²) in [7, 11) is 2.16. The molecule has 0 aromatic rings. The van der Waals surface area contributed by atoms with E-state index in [0.29, 0.717) is 0 Å². The summed E-state index contributed by atoms with van der Waals surface area (Å²) in [5.74, 6) is 2.18. The first-order chi connectivity index (χ1) is 8.86. The van der Waals surface area contributed by atoms with Crippen LogP contribution >= 0.6 is 0 Å². The molecule has 0 amide bonds. The third kappa shape index (κ3) is 2.02. The number of piperidine rings is 2. The van der Waals surface area contributed by atoms with Crippen LogP contribution in [0.4, 0.5) is 0 Å². The molecule has 2 heteroatoms. The molecular weight excluding hydrogens is 220 g/mol. The van der Waals surface area contributed by atoms with E-state index in [4.69, 9.17) is 0 Å². The summed E-state index contributed by atoms with van der Waals surface area (Å²) in [6, 6.07) is 3.64. The third-order valence-electron chi connectivity index (χ3n) is 5.99. The van der Waals surface area contributed by atoms with Crippen molar-refractivity contribution < 1.29 is 0 Å². The van der Waals surface area contributed by atoms with Crippen molar-refractivity contribution in [3.63, 3.8) is 0 Å². The lowest BCUT2D eigenvalue weighted by Crippen LogP contribution is -2.60. The minimum Gasteiger partial charge on any atom is -0.317 e. The molecule has 2 bridgehead atoms. The number of fused-ring (bicyclic) bond motifs is 2. The van der Waals surface area contributed by atoms with Gasteiger partial charge in [0.1, 0.15) is 0 Å². The maximum atomic E-state index is 3.56. The summed E-state index contributed by atoms with van der Waals surface area (Å²) in [4.78, 5) is 3.05. The normalized spacial score (nSPS) is 41.3. The zero-order valence-electron chi connectivity index (χ0n) is 11.8. The fourth-order valence-electron chi connectivity index (χ4n) is 4.89. The molecule has 2 saturated heterocycles. The number of hydrogen-bond donors (Lipinski definition) is 1. The third-order valence-corrected chi connectivity index (χ3v) is 5.99. The zero-order valence-corrected chi connectivity index (χ0v) is 11.8. The van der Waals surface area contributed by atoms with Crippen LogP contribution in [0.2, 0.25) is 0 Å². The largest absolute Gasteiger partial charge is 0.317 e. The van der Waals surface area contributed by atoms with E-state index in [-0.39, 0.29) is 0 Å². The summed E-state index contributed by atoms with van der Waals surface area (Å²) in [5, 5.41) is 3.56. The molecule has 2 aliphatic carbocycles. The predicted molar refractivity (Wildman–Crippen MR) is 74.6 cm³/mol. The molecule has 0 aromatic heterocycles. The van der Waals surface area contributed by atoms with E-state index in [9.17, 15) is 0 Å². The summed E-state index contributed by atoms with van der Waals surface area (Å²) in [5.41, 5.74) is 0. The van der Waals surface area contributed by atoms with E-state index >= 15 is 0 Å². The molecule has 2 nitrogen and oxygen atoms in total. The summed E-state index contributed by atoms with van der Waals surface area (Å²) < 4.78 is 0. The highest BCUT2D eigenvalue weighted by Crippen LogP contribution is 2.51. The van der Waals surface area contributed by atoms with Gasteiger partial charge in [0, 0.05) is 24.2 Å². The van der Waals surface area contributed by atoms with E-state index in [0.717, 1.165) is 36.0 Å². The average Bonchev–Trinajstić information content (AvgIpc) is 3.23. The van der Waals surface area contributed by atoms with E-state index in [2.05, 4.69) is 17.3 Å². The van der Waals surface area contributed by atoms with Crippen LogP contribution in [0, 0.1) is 11.8 Å². The Labute approximate surface area is 111 Å². The van der Waals surface area contributed by atoms with E-state index in [1.54, 1.807) is 0 Å². The van der Waals surface area contributed by atoms with E-state index < -0.39 is 0 Å². The standard InChI is InChI=1S/C16H28N2/c1-17-13-9-14-3-2-4-15(10-13)18(14)16(11-5-6-11)12-7-8-12/h11-17H,2-10H2,1H3. The molecule has 2 heterocycles. The van der Waals surface area contributed by atoms with Gasteiger partial charge in [-0.2, -0.15) is 0 Å². The van der Waals surface area contributed by atoms with Crippen LogP contribution in [0.25, 0.3) is 0 Å². The molecule has 1 N–H and O–H groups in total. The highest BCUT2D eigenvalue weighted by molar-refractivity contribution is 5.05. The van der Waals surface area contributed by atoms with Gasteiger partial charge in [-0.05, 0) is 70.3 Å². The van der Waals surface area contributed by atoms with Crippen molar-refractivity contribution in [2.75, 3.05) is 7.05 Å². The number of hydrogen-bond acceptors (Lipinski definition) is 2. The topological polar surface area (TPSA) is 15.3 Å². The van der Waals surface area contributed by atoms with Crippen molar-refractivity contribution >= 4 is 0 Å². The maximum Gasteiger partial charge on any atom is 0.0158 e. The molecule has 4 fully saturated rings. The minimum atomic E-state index is 0.801. The molecule has 102 valence electrons. The molecule has 0 spiro atoms. The molecule has 18 heavy (non-hydrogen) atoms. The first-order valence-corrected chi connectivity index (χ1v) is 8.31. The van der Waals surface area contributed by atoms with Crippen molar-refractivity contribution in [1.82, 2.24) is 10.2 Å². The van der Waals surface area contributed by atoms with Gasteiger partial charge in [0.25, 0.3) is 0 Å². The fraction of sp³-hybridized carbons (Fsp3) is 1.00. The Morgan fingerprint density at radius 2 is 1.44 bits per heavy atom. The van der Waals surface area contributed by atoms with Crippen molar-refractivity contribution in [1.29, 1.82) is 0 Å². The number of rotatable bonds is 4. The summed E-state index contributed by atoms with van der Waals surface area (Å²) in [6.07, 6.45) is 13.4. The molecule has 4 aliphatic rings. The molecule has 2 saturated carbocycles. The SMILES string of the molecule is CNC1CC2CCCC(C1)N2C(C1CC1)C1CC1. The van der Waals surface area contributed by atoms with Crippen LogP contribution in [0.3, 0.4) is 0 Å². The van der Waals surface area contributed by atoms with Gasteiger partial charge in [0.15, 0.2) is 0 Å². The van der Waals surface area contributed by atoms with Gasteiger partial charge in [-0.3, -0.25) is 4.90 Å². The lowest BCUT2D eigenvalue weighted by atomic mass is 9.79. The Bertz CT molecular complexity index is 282. The second-order valence-electron chi connectivity index (χ2n) is 7.31. The van der Waals surface area contributed by atoms with Gasteiger partial charge in [-0.1, -0.05) is 6.42 Å². The first kappa shape index (κ1) is 11.7. The van der Waals surface area contributed by atoms with Crippen LogP contribution in [-0.4, -0.2) is 36.1 Å². The van der Waals surface area contributed by atoms with Gasteiger partial charge in [-0.25, -0.2) is 0 Å². The van der Waals surface area contributed by atoms with Crippen molar-refractivity contribution in [2.45, 2.75) is 82.0 Å². The zero-order chi connectivity index (χ0) is 12.1. The van der Waals surface area contributed by atoms with Crippen LogP contribution in [0.1, 0.15) is 57.8 Å². The molecular formula is C16H28N2. The van der Waals surface area contributed by atoms with Crippen molar-refractivity contribution in [2.24, 2.45) is 11.8 Å².